The highest BCUT2D eigenvalue weighted by atomic mass is 35.5. The van der Waals surface area contributed by atoms with Gasteiger partial charge < -0.3 is 4.42 Å². The predicted molar refractivity (Wildman–Crippen MR) is 116 cm³/mol. The Morgan fingerprint density at radius 3 is 2.44 bits per heavy atom. The number of piperidine rings is 1. The van der Waals surface area contributed by atoms with E-state index in [2.05, 4.69) is 15.5 Å². The van der Waals surface area contributed by atoms with Crippen LogP contribution in [0.4, 0.5) is 10.4 Å². The van der Waals surface area contributed by atoms with Crippen molar-refractivity contribution in [1.29, 1.82) is 0 Å². The van der Waals surface area contributed by atoms with E-state index < -0.39 is 21.8 Å². The van der Waals surface area contributed by atoms with E-state index in [-0.39, 0.29) is 35.8 Å². The molecule has 0 aliphatic carbocycles. The topological polar surface area (TPSA) is 105 Å². The van der Waals surface area contributed by atoms with E-state index in [1.54, 1.807) is 12.1 Å². The molecule has 2 aromatic carbocycles. The first kappa shape index (κ1) is 22.7. The molecular formula is C20H17Cl2FN4O4S. The molecule has 1 fully saturated rings. The van der Waals surface area contributed by atoms with Crippen LogP contribution in [0.25, 0.3) is 11.5 Å². The van der Waals surface area contributed by atoms with Crippen LogP contribution in [0.15, 0.2) is 51.8 Å². The van der Waals surface area contributed by atoms with E-state index in [1.165, 1.54) is 22.5 Å². The molecule has 0 saturated carbocycles. The average Bonchev–Trinajstić information content (AvgIpc) is 3.22. The van der Waals surface area contributed by atoms with Crippen LogP contribution < -0.4 is 5.32 Å². The van der Waals surface area contributed by atoms with Gasteiger partial charge in [-0.2, -0.15) is 4.31 Å². The summed E-state index contributed by atoms with van der Waals surface area (Å²) < 4.78 is 45.3. The van der Waals surface area contributed by atoms with E-state index in [9.17, 15) is 17.6 Å². The molecule has 32 heavy (non-hydrogen) atoms. The summed E-state index contributed by atoms with van der Waals surface area (Å²) in [6, 6.07) is 9.35. The van der Waals surface area contributed by atoms with Crippen molar-refractivity contribution in [2.75, 3.05) is 18.4 Å². The second kappa shape index (κ2) is 9.14. The maximum Gasteiger partial charge on any atom is 0.322 e. The fourth-order valence-corrected chi connectivity index (χ4v) is 5.33. The molecule has 0 radical (unpaired) electrons. The van der Waals surface area contributed by atoms with Gasteiger partial charge in [0, 0.05) is 24.0 Å². The Morgan fingerprint density at radius 1 is 1.09 bits per heavy atom. The molecular weight excluding hydrogens is 482 g/mol. The Kier molecular flexibility index (Phi) is 6.47. The van der Waals surface area contributed by atoms with Gasteiger partial charge in [0.1, 0.15) is 5.82 Å². The van der Waals surface area contributed by atoms with Gasteiger partial charge in [-0.3, -0.25) is 10.1 Å². The number of nitrogens with one attached hydrogen (secondary N) is 1. The van der Waals surface area contributed by atoms with Gasteiger partial charge in [-0.15, -0.1) is 5.10 Å². The molecule has 0 atom stereocenters. The monoisotopic (exact) mass is 498 g/mol. The summed E-state index contributed by atoms with van der Waals surface area (Å²) >= 11 is 12.0. The van der Waals surface area contributed by atoms with Crippen molar-refractivity contribution in [3.8, 4) is 11.5 Å². The zero-order chi connectivity index (χ0) is 22.9. The zero-order valence-corrected chi connectivity index (χ0v) is 18.8. The summed E-state index contributed by atoms with van der Waals surface area (Å²) in [5, 5.41) is 11.1. The lowest BCUT2D eigenvalue weighted by Gasteiger charge is -2.30. The molecule has 1 aromatic heterocycles. The van der Waals surface area contributed by atoms with Crippen molar-refractivity contribution < 1.29 is 22.0 Å². The minimum Gasteiger partial charge on any atom is -0.403 e. The van der Waals surface area contributed by atoms with Crippen LogP contribution in [-0.4, -0.2) is 41.9 Å². The fraction of sp³-hybridized carbons (Fsp3) is 0.250. The van der Waals surface area contributed by atoms with Gasteiger partial charge in [0.15, 0.2) is 0 Å². The third-order valence-corrected chi connectivity index (χ3v) is 7.55. The lowest BCUT2D eigenvalue weighted by molar-refractivity contribution is -0.121. The smallest absolute Gasteiger partial charge is 0.322 e. The number of carbonyl (C=O) groups excluding carboxylic acids is 1. The normalized spacial score (nSPS) is 15.6. The average molecular weight is 499 g/mol. The summed E-state index contributed by atoms with van der Waals surface area (Å²) in [4.78, 5) is 12.6. The highest BCUT2D eigenvalue weighted by Gasteiger charge is 2.32. The van der Waals surface area contributed by atoms with Crippen LogP contribution in [0.2, 0.25) is 10.0 Å². The number of nitrogens with zero attached hydrogens (tertiary/aromatic N) is 3. The molecule has 4 rings (SSSR count). The molecule has 0 bridgehead atoms. The largest absolute Gasteiger partial charge is 0.403 e. The SMILES string of the molecule is O=C(Nc1nnc(-c2ccc(Cl)cc2Cl)o1)C1CCN(S(=O)(=O)c2ccc(F)cc2)CC1. The number of benzene rings is 2. The molecule has 168 valence electrons. The number of hydrogen-bond donors (Lipinski definition) is 1. The van der Waals surface area contributed by atoms with E-state index in [4.69, 9.17) is 27.6 Å². The van der Waals surface area contributed by atoms with Gasteiger partial charge in [0.25, 0.3) is 5.89 Å². The van der Waals surface area contributed by atoms with Crippen LogP contribution in [0.3, 0.4) is 0 Å². The molecule has 0 unspecified atom stereocenters. The van der Waals surface area contributed by atoms with Crippen molar-refractivity contribution in [1.82, 2.24) is 14.5 Å². The number of carbonyl (C=O) groups is 1. The Hall–Kier alpha value is -2.53. The van der Waals surface area contributed by atoms with Crippen LogP contribution in [0.5, 0.6) is 0 Å². The molecule has 2 heterocycles. The molecule has 0 spiro atoms. The van der Waals surface area contributed by atoms with E-state index in [0.29, 0.717) is 28.5 Å². The van der Waals surface area contributed by atoms with Gasteiger partial charge in [0.05, 0.1) is 15.5 Å². The maximum atomic E-state index is 13.1. The third kappa shape index (κ3) is 4.78. The summed E-state index contributed by atoms with van der Waals surface area (Å²) in [6.45, 7) is 0.320. The second-order valence-corrected chi connectivity index (χ2v) is 9.94. The predicted octanol–water partition coefficient (Wildman–Crippen LogP) is 4.22. The van der Waals surface area contributed by atoms with Crippen molar-refractivity contribution in [3.05, 3.63) is 58.3 Å². The van der Waals surface area contributed by atoms with Gasteiger partial charge in [-0.25, -0.2) is 12.8 Å². The first-order chi connectivity index (χ1) is 15.2. The van der Waals surface area contributed by atoms with Crippen molar-refractivity contribution >= 4 is 45.1 Å². The molecule has 8 nitrogen and oxygen atoms in total. The van der Waals surface area contributed by atoms with Crippen LogP contribution in [-0.2, 0) is 14.8 Å². The van der Waals surface area contributed by atoms with Gasteiger partial charge in [-0.05, 0) is 55.3 Å². The summed E-state index contributed by atoms with van der Waals surface area (Å²) in [6.07, 6.45) is 0.631. The lowest BCUT2D eigenvalue weighted by atomic mass is 9.97. The quantitative estimate of drug-likeness (QED) is 0.564. The number of anilines is 1. The standard InChI is InChI=1S/C20H17Cl2FN4O4S/c21-13-1-6-16(17(22)11-13)19-25-26-20(31-19)24-18(28)12-7-9-27(10-8-12)32(29,30)15-4-2-14(23)3-5-15/h1-6,11-12H,7-10H2,(H,24,26,28). The number of aromatic nitrogens is 2. The summed E-state index contributed by atoms with van der Waals surface area (Å²) in [7, 11) is -3.75. The minimum atomic E-state index is -3.75. The lowest BCUT2D eigenvalue weighted by Crippen LogP contribution is -2.41. The number of halogens is 3. The third-order valence-electron chi connectivity index (χ3n) is 5.09. The van der Waals surface area contributed by atoms with Gasteiger partial charge in [-0.1, -0.05) is 28.3 Å². The van der Waals surface area contributed by atoms with Crippen molar-refractivity contribution in [2.45, 2.75) is 17.7 Å². The van der Waals surface area contributed by atoms with E-state index >= 15 is 0 Å². The van der Waals surface area contributed by atoms with Crippen LogP contribution >= 0.6 is 23.2 Å². The number of sulfonamides is 1. The molecule has 1 aliphatic heterocycles. The van der Waals surface area contributed by atoms with E-state index in [0.717, 1.165) is 12.1 Å². The highest BCUT2D eigenvalue weighted by Crippen LogP contribution is 2.30. The fourth-order valence-electron chi connectivity index (χ4n) is 3.37. The molecule has 1 aliphatic rings. The maximum absolute atomic E-state index is 13.1. The molecule has 1 amide bonds. The van der Waals surface area contributed by atoms with Crippen LogP contribution in [0.1, 0.15) is 12.8 Å². The Labute approximate surface area is 193 Å². The Bertz CT molecular complexity index is 1240. The molecule has 1 N–H and O–H groups in total. The number of rotatable bonds is 5. The summed E-state index contributed by atoms with van der Waals surface area (Å²) in [5.41, 5.74) is 0.475. The second-order valence-electron chi connectivity index (χ2n) is 7.16. The first-order valence-electron chi connectivity index (χ1n) is 9.59. The van der Waals surface area contributed by atoms with E-state index in [1.807, 2.05) is 0 Å². The van der Waals surface area contributed by atoms with Gasteiger partial charge >= 0.3 is 6.01 Å². The van der Waals surface area contributed by atoms with Crippen LogP contribution in [0, 0.1) is 11.7 Å². The Balaban J connectivity index is 1.37. The van der Waals surface area contributed by atoms with Crippen molar-refractivity contribution in [2.24, 2.45) is 5.92 Å². The highest BCUT2D eigenvalue weighted by molar-refractivity contribution is 7.89. The number of hydrogen-bond acceptors (Lipinski definition) is 6. The molecule has 3 aromatic rings. The summed E-state index contributed by atoms with van der Waals surface area (Å²) in [5.74, 6) is -1.16. The number of amides is 1. The Morgan fingerprint density at radius 2 is 1.78 bits per heavy atom. The molecule has 1 saturated heterocycles. The molecule has 12 heteroatoms. The van der Waals surface area contributed by atoms with Crippen molar-refractivity contribution in [3.63, 3.8) is 0 Å². The first-order valence-corrected chi connectivity index (χ1v) is 11.8. The van der Waals surface area contributed by atoms with Gasteiger partial charge in [0.2, 0.25) is 15.9 Å². The zero-order valence-electron chi connectivity index (χ0n) is 16.5. The minimum absolute atomic E-state index is 0.0149.